The molecule has 4 fully saturated rings. The van der Waals surface area contributed by atoms with Gasteiger partial charge in [0.2, 0.25) is 0 Å². The summed E-state index contributed by atoms with van der Waals surface area (Å²) < 4.78 is 0. The standard InChI is InChI=1S/C17H27N/c1-3-4-5-6-16(18-2)17-10-13-7-14(11-17)9-15(8-13)12-17/h13-16,18H,5-12H2,1-2H3. The second-order valence-corrected chi connectivity index (χ2v) is 7.09. The van der Waals surface area contributed by atoms with E-state index >= 15 is 0 Å². The van der Waals surface area contributed by atoms with Gasteiger partial charge in [-0.3, -0.25) is 0 Å². The molecule has 100 valence electrons. The smallest absolute Gasteiger partial charge is 0.0130 e. The monoisotopic (exact) mass is 245 g/mol. The molecule has 0 aromatic rings. The van der Waals surface area contributed by atoms with E-state index in [4.69, 9.17) is 0 Å². The maximum Gasteiger partial charge on any atom is 0.0130 e. The van der Waals surface area contributed by atoms with Crippen LogP contribution < -0.4 is 5.32 Å². The Morgan fingerprint density at radius 1 is 1.11 bits per heavy atom. The Kier molecular flexibility index (Phi) is 3.41. The van der Waals surface area contributed by atoms with Crippen LogP contribution in [0, 0.1) is 35.0 Å². The van der Waals surface area contributed by atoms with Gasteiger partial charge in [0.25, 0.3) is 0 Å². The van der Waals surface area contributed by atoms with Crippen molar-refractivity contribution >= 4 is 0 Å². The van der Waals surface area contributed by atoms with Crippen molar-refractivity contribution in [2.24, 2.45) is 23.2 Å². The van der Waals surface area contributed by atoms with E-state index in [0.717, 1.165) is 24.2 Å². The van der Waals surface area contributed by atoms with Crippen LogP contribution >= 0.6 is 0 Å². The Bertz CT molecular complexity index is 324. The average molecular weight is 245 g/mol. The van der Waals surface area contributed by atoms with Gasteiger partial charge in [-0.25, -0.2) is 0 Å². The number of nitrogens with one attached hydrogen (secondary N) is 1. The molecule has 0 aromatic heterocycles. The maximum atomic E-state index is 3.65. The Morgan fingerprint density at radius 2 is 1.67 bits per heavy atom. The van der Waals surface area contributed by atoms with E-state index in [1.54, 1.807) is 19.3 Å². The summed E-state index contributed by atoms with van der Waals surface area (Å²) in [5.41, 5.74) is 0.638. The summed E-state index contributed by atoms with van der Waals surface area (Å²) >= 11 is 0. The van der Waals surface area contributed by atoms with Gasteiger partial charge in [-0.05, 0) is 82.1 Å². The Balaban J connectivity index is 1.73. The van der Waals surface area contributed by atoms with Crippen molar-refractivity contribution in [1.82, 2.24) is 5.32 Å². The van der Waals surface area contributed by atoms with E-state index in [2.05, 4.69) is 24.2 Å². The van der Waals surface area contributed by atoms with Gasteiger partial charge >= 0.3 is 0 Å². The minimum absolute atomic E-state index is 0.638. The summed E-state index contributed by atoms with van der Waals surface area (Å²) in [4.78, 5) is 0. The zero-order valence-electron chi connectivity index (χ0n) is 12.0. The molecule has 4 rings (SSSR count). The molecule has 0 heterocycles. The molecule has 0 amide bonds. The molecule has 1 N–H and O–H groups in total. The van der Waals surface area contributed by atoms with Crippen LogP contribution in [0.2, 0.25) is 0 Å². The van der Waals surface area contributed by atoms with Gasteiger partial charge in [-0.2, -0.15) is 0 Å². The van der Waals surface area contributed by atoms with Gasteiger partial charge in [-0.1, -0.05) is 0 Å². The third-order valence-electron chi connectivity index (χ3n) is 5.91. The quantitative estimate of drug-likeness (QED) is 0.746. The highest BCUT2D eigenvalue weighted by molar-refractivity contribution is 5.07. The lowest BCUT2D eigenvalue weighted by molar-refractivity contribution is -0.0736. The predicted octanol–water partition coefficient (Wildman–Crippen LogP) is 3.59. The van der Waals surface area contributed by atoms with Crippen LogP contribution in [0.3, 0.4) is 0 Å². The fraction of sp³-hybridized carbons (Fsp3) is 0.882. The summed E-state index contributed by atoms with van der Waals surface area (Å²) in [6.45, 7) is 1.96. The van der Waals surface area contributed by atoms with E-state index in [0.29, 0.717) is 11.5 Å². The van der Waals surface area contributed by atoms with Crippen LogP contribution in [0.1, 0.15) is 58.3 Å². The van der Waals surface area contributed by atoms with Crippen LogP contribution in [-0.4, -0.2) is 13.1 Å². The predicted molar refractivity (Wildman–Crippen MR) is 76.1 cm³/mol. The fourth-order valence-corrected chi connectivity index (χ4v) is 5.70. The number of hydrogen-bond donors (Lipinski definition) is 1. The van der Waals surface area contributed by atoms with E-state index in [-0.39, 0.29) is 0 Å². The van der Waals surface area contributed by atoms with E-state index < -0.39 is 0 Å². The first-order valence-electron chi connectivity index (χ1n) is 7.82. The summed E-state index contributed by atoms with van der Waals surface area (Å²) in [5, 5.41) is 3.65. The molecule has 4 aliphatic rings. The Labute approximate surface area is 112 Å². The molecular weight excluding hydrogens is 218 g/mol. The van der Waals surface area contributed by atoms with Crippen LogP contribution in [0.25, 0.3) is 0 Å². The molecule has 1 nitrogen and oxygen atoms in total. The largest absolute Gasteiger partial charge is 0.316 e. The van der Waals surface area contributed by atoms with Crippen LogP contribution in [0.15, 0.2) is 0 Å². The maximum absolute atomic E-state index is 3.65. The minimum atomic E-state index is 0.638. The van der Waals surface area contributed by atoms with Crippen LogP contribution in [0.4, 0.5) is 0 Å². The fourth-order valence-electron chi connectivity index (χ4n) is 5.70. The van der Waals surface area contributed by atoms with Gasteiger partial charge < -0.3 is 5.32 Å². The lowest BCUT2D eigenvalue weighted by atomic mass is 9.47. The van der Waals surface area contributed by atoms with Crippen LogP contribution in [-0.2, 0) is 0 Å². The molecule has 4 aliphatic carbocycles. The molecule has 0 saturated heterocycles. The third-order valence-corrected chi connectivity index (χ3v) is 5.91. The molecule has 4 saturated carbocycles. The van der Waals surface area contributed by atoms with Crippen molar-refractivity contribution < 1.29 is 0 Å². The molecule has 1 unspecified atom stereocenters. The lowest BCUT2D eigenvalue weighted by Crippen LogP contribution is -2.55. The summed E-state index contributed by atoms with van der Waals surface area (Å²) in [7, 11) is 2.17. The Morgan fingerprint density at radius 3 is 2.11 bits per heavy atom. The second kappa shape index (κ2) is 4.89. The summed E-state index contributed by atoms with van der Waals surface area (Å²) in [6, 6.07) is 0.715. The zero-order chi connectivity index (χ0) is 12.6. The van der Waals surface area contributed by atoms with Crippen LogP contribution in [0.5, 0.6) is 0 Å². The third kappa shape index (κ3) is 2.10. The second-order valence-electron chi connectivity index (χ2n) is 7.09. The highest BCUT2D eigenvalue weighted by Gasteiger charge is 2.53. The van der Waals surface area contributed by atoms with Crippen molar-refractivity contribution in [2.45, 2.75) is 64.3 Å². The van der Waals surface area contributed by atoms with Crippen molar-refractivity contribution in [3.05, 3.63) is 0 Å². The molecule has 0 radical (unpaired) electrons. The first kappa shape index (κ1) is 12.5. The van der Waals surface area contributed by atoms with Crippen molar-refractivity contribution in [2.75, 3.05) is 7.05 Å². The molecule has 0 aromatic carbocycles. The van der Waals surface area contributed by atoms with Gasteiger partial charge in [-0.15, -0.1) is 11.8 Å². The average Bonchev–Trinajstić information content (AvgIpc) is 2.32. The molecule has 4 bridgehead atoms. The minimum Gasteiger partial charge on any atom is -0.316 e. The van der Waals surface area contributed by atoms with E-state index in [1.165, 1.54) is 25.7 Å². The molecule has 1 heteroatoms. The number of hydrogen-bond acceptors (Lipinski definition) is 1. The molecule has 0 spiro atoms. The zero-order valence-corrected chi connectivity index (χ0v) is 12.0. The van der Waals surface area contributed by atoms with Gasteiger partial charge in [0.05, 0.1) is 0 Å². The van der Waals surface area contributed by atoms with E-state index in [1.807, 2.05) is 6.92 Å². The summed E-state index contributed by atoms with van der Waals surface area (Å²) in [6.07, 6.45) is 11.5. The molecular formula is C17H27N. The van der Waals surface area contributed by atoms with Crippen molar-refractivity contribution in [3.8, 4) is 11.8 Å². The topological polar surface area (TPSA) is 12.0 Å². The Hall–Kier alpha value is -0.480. The first-order valence-corrected chi connectivity index (χ1v) is 7.82. The first-order chi connectivity index (χ1) is 8.75. The lowest BCUT2D eigenvalue weighted by Gasteiger charge is -2.59. The van der Waals surface area contributed by atoms with Crippen molar-refractivity contribution in [1.29, 1.82) is 0 Å². The molecule has 18 heavy (non-hydrogen) atoms. The van der Waals surface area contributed by atoms with Gasteiger partial charge in [0, 0.05) is 12.5 Å². The SMILES string of the molecule is CC#CCCC(NC)C12CC3CC(CC(C3)C1)C2. The van der Waals surface area contributed by atoms with Crippen molar-refractivity contribution in [3.63, 3.8) is 0 Å². The molecule has 1 atom stereocenters. The van der Waals surface area contributed by atoms with E-state index in [9.17, 15) is 0 Å². The summed E-state index contributed by atoms with van der Waals surface area (Å²) in [5.74, 6) is 9.48. The number of rotatable bonds is 4. The van der Waals surface area contributed by atoms with Gasteiger partial charge in [0.1, 0.15) is 0 Å². The highest BCUT2D eigenvalue weighted by atomic mass is 14.9. The highest BCUT2D eigenvalue weighted by Crippen LogP contribution is 2.61. The molecule has 0 aliphatic heterocycles. The normalized spacial score (nSPS) is 42.4. The van der Waals surface area contributed by atoms with Gasteiger partial charge in [0.15, 0.2) is 0 Å².